The number of hydrogen-bond acceptors (Lipinski definition) is 6. The third kappa shape index (κ3) is 5.44. The lowest BCUT2D eigenvalue weighted by Gasteiger charge is -2.31. The number of amides is 3. The van der Waals surface area contributed by atoms with Gasteiger partial charge in [0.05, 0.1) is 17.1 Å². The molecule has 0 atom stereocenters. The van der Waals surface area contributed by atoms with Gasteiger partial charge in [0.25, 0.3) is 17.4 Å². The molecule has 1 aliphatic rings. The van der Waals surface area contributed by atoms with Crippen molar-refractivity contribution in [3.8, 4) is 11.4 Å². The molecule has 0 radical (unpaired) electrons. The summed E-state index contributed by atoms with van der Waals surface area (Å²) in [6, 6.07) is 10.5. The second kappa shape index (κ2) is 11.2. The maximum atomic E-state index is 13.6. The van der Waals surface area contributed by atoms with Crippen molar-refractivity contribution >= 4 is 35.0 Å². The Labute approximate surface area is 228 Å². The second-order valence-corrected chi connectivity index (χ2v) is 9.60. The smallest absolute Gasteiger partial charge is 0.298 e. The number of pyridine rings is 1. The fraction of sp³-hybridized carbons (Fsp3) is 0.259. The van der Waals surface area contributed by atoms with E-state index in [2.05, 4.69) is 10.6 Å². The van der Waals surface area contributed by atoms with Gasteiger partial charge in [0.2, 0.25) is 5.91 Å². The van der Waals surface area contributed by atoms with Crippen LogP contribution < -0.4 is 16.2 Å². The average Bonchev–Trinajstić information content (AvgIpc) is 2.92. The minimum absolute atomic E-state index is 0.0262. The van der Waals surface area contributed by atoms with Gasteiger partial charge in [-0.25, -0.2) is 4.39 Å². The predicted molar refractivity (Wildman–Crippen MR) is 144 cm³/mol. The van der Waals surface area contributed by atoms with Crippen LogP contribution in [0.25, 0.3) is 5.69 Å². The van der Waals surface area contributed by atoms with Crippen molar-refractivity contribution in [3.05, 3.63) is 86.0 Å². The molecule has 3 N–H and O–H groups in total. The Morgan fingerprint density at radius 2 is 1.82 bits per heavy atom. The van der Waals surface area contributed by atoms with Gasteiger partial charge in [-0.3, -0.25) is 23.7 Å². The first-order valence-corrected chi connectivity index (χ1v) is 12.4. The summed E-state index contributed by atoms with van der Waals surface area (Å²) in [6.07, 6.45) is 0.185. The molecule has 1 aromatic heterocycles. The molecular formula is C27H27ClFN5O5. The fourth-order valence-corrected chi connectivity index (χ4v) is 4.59. The van der Waals surface area contributed by atoms with Gasteiger partial charge >= 0.3 is 0 Å². The number of carbonyl (C=O) groups is 3. The molecule has 2 aromatic carbocycles. The van der Waals surface area contributed by atoms with Crippen LogP contribution in [0.1, 0.15) is 32.0 Å². The highest BCUT2D eigenvalue weighted by atomic mass is 35.5. The second-order valence-electron chi connectivity index (χ2n) is 9.19. The molecule has 0 aliphatic carbocycles. The zero-order valence-electron chi connectivity index (χ0n) is 21.5. The van der Waals surface area contributed by atoms with Crippen molar-refractivity contribution in [1.29, 1.82) is 0 Å². The lowest BCUT2D eigenvalue weighted by molar-refractivity contribution is -0.118. The lowest BCUT2D eigenvalue weighted by Crippen LogP contribution is -2.42. The fourth-order valence-electron chi connectivity index (χ4n) is 4.38. The summed E-state index contributed by atoms with van der Waals surface area (Å²) in [6.45, 7) is 0.305. The molecule has 204 valence electrons. The molecule has 3 amide bonds. The molecule has 12 heteroatoms. The zero-order chi connectivity index (χ0) is 28.4. The van der Waals surface area contributed by atoms with Gasteiger partial charge in [-0.1, -0.05) is 17.7 Å². The third-order valence-electron chi connectivity index (χ3n) is 6.41. The van der Waals surface area contributed by atoms with E-state index in [4.69, 9.17) is 11.6 Å². The number of likely N-dealkylation sites (N-methyl/N-ethyl adjacent to an activating group) is 1. The first-order valence-electron chi connectivity index (χ1n) is 12.0. The van der Waals surface area contributed by atoms with Gasteiger partial charge in [0, 0.05) is 51.2 Å². The van der Waals surface area contributed by atoms with Crippen molar-refractivity contribution in [2.24, 2.45) is 0 Å². The Morgan fingerprint density at radius 1 is 1.13 bits per heavy atom. The summed E-state index contributed by atoms with van der Waals surface area (Å²) in [5.74, 6) is -2.71. The van der Waals surface area contributed by atoms with E-state index in [0.717, 1.165) is 4.57 Å². The summed E-state index contributed by atoms with van der Waals surface area (Å²) in [5, 5.41) is 16.3. The van der Waals surface area contributed by atoms with Gasteiger partial charge in [-0.05, 0) is 48.4 Å². The molecule has 0 bridgehead atoms. The third-order valence-corrected chi connectivity index (χ3v) is 6.70. The SMILES string of the molecule is CNC(=O)CNc1ccc(-n2c(C(=O)N(C)C)c3c(c(O)c2=O)C(=O)N(Cc2ccc(F)c(Cl)c2)CC3)cc1. The van der Waals surface area contributed by atoms with E-state index in [9.17, 15) is 28.7 Å². The number of benzene rings is 2. The van der Waals surface area contributed by atoms with Crippen LogP contribution in [0.2, 0.25) is 5.02 Å². The Bertz CT molecular complexity index is 1520. The lowest BCUT2D eigenvalue weighted by atomic mass is 9.95. The van der Waals surface area contributed by atoms with Crippen LogP contribution in [-0.4, -0.2) is 71.4 Å². The van der Waals surface area contributed by atoms with Crippen molar-refractivity contribution < 1.29 is 23.9 Å². The Balaban J connectivity index is 1.77. The standard InChI is InChI=1S/C27H27ClFN5O5/c1-30-21(35)13-31-16-5-7-17(8-6-16)34-23(26(38)32(2)3)18-10-11-33(25(37)22(18)24(36)27(34)39)14-15-4-9-20(29)19(28)12-15/h4-9,12,31,36H,10-11,13-14H2,1-3H3,(H,30,35). The highest BCUT2D eigenvalue weighted by Crippen LogP contribution is 2.31. The van der Waals surface area contributed by atoms with Gasteiger partial charge in [0.1, 0.15) is 11.5 Å². The summed E-state index contributed by atoms with van der Waals surface area (Å²) in [7, 11) is 4.57. The quantitative estimate of drug-likeness (QED) is 0.411. The molecule has 4 rings (SSSR count). The molecule has 0 saturated heterocycles. The highest BCUT2D eigenvalue weighted by molar-refractivity contribution is 6.30. The maximum absolute atomic E-state index is 13.6. The number of fused-ring (bicyclic) bond motifs is 1. The normalized spacial score (nSPS) is 12.6. The number of aromatic hydroxyl groups is 1. The molecule has 0 fully saturated rings. The van der Waals surface area contributed by atoms with Crippen molar-refractivity contribution in [1.82, 2.24) is 19.7 Å². The van der Waals surface area contributed by atoms with E-state index in [1.807, 2.05) is 0 Å². The van der Waals surface area contributed by atoms with E-state index in [1.54, 1.807) is 24.3 Å². The topological polar surface area (TPSA) is 124 Å². The first kappa shape index (κ1) is 27.6. The molecule has 2 heterocycles. The van der Waals surface area contributed by atoms with Crippen LogP contribution in [-0.2, 0) is 17.8 Å². The number of nitrogens with zero attached hydrogens (tertiary/aromatic N) is 3. The predicted octanol–water partition coefficient (Wildman–Crippen LogP) is 2.39. The van der Waals surface area contributed by atoms with Gasteiger partial charge < -0.3 is 25.5 Å². The highest BCUT2D eigenvalue weighted by Gasteiger charge is 2.35. The minimum atomic E-state index is -0.926. The first-order chi connectivity index (χ1) is 18.5. The van der Waals surface area contributed by atoms with Gasteiger partial charge in [-0.15, -0.1) is 0 Å². The van der Waals surface area contributed by atoms with Crippen molar-refractivity contribution in [3.63, 3.8) is 0 Å². The summed E-state index contributed by atoms with van der Waals surface area (Å²) in [4.78, 5) is 54.5. The van der Waals surface area contributed by atoms with Crippen molar-refractivity contribution in [2.75, 3.05) is 39.5 Å². The Kier molecular flexibility index (Phi) is 7.91. The number of hydrogen-bond donors (Lipinski definition) is 3. The average molecular weight is 556 g/mol. The van der Waals surface area contributed by atoms with Crippen LogP contribution in [0.15, 0.2) is 47.3 Å². The van der Waals surface area contributed by atoms with Crippen LogP contribution >= 0.6 is 11.6 Å². The molecule has 39 heavy (non-hydrogen) atoms. The van der Waals surface area contributed by atoms with Crippen molar-refractivity contribution in [2.45, 2.75) is 13.0 Å². The number of nitrogens with one attached hydrogen (secondary N) is 2. The largest absolute Gasteiger partial charge is 0.502 e. The van der Waals surface area contributed by atoms with Crippen LogP contribution in [0, 0.1) is 5.82 Å². The number of halogens is 2. The molecule has 10 nitrogen and oxygen atoms in total. The molecule has 1 aliphatic heterocycles. The molecule has 3 aromatic rings. The molecule has 0 saturated carbocycles. The number of carbonyl (C=O) groups excluding carboxylic acids is 3. The van der Waals surface area contributed by atoms with E-state index in [-0.39, 0.29) is 53.8 Å². The van der Waals surface area contributed by atoms with Gasteiger partial charge in [-0.2, -0.15) is 0 Å². The minimum Gasteiger partial charge on any atom is -0.502 e. The summed E-state index contributed by atoms with van der Waals surface area (Å²) >= 11 is 5.88. The Hall–Kier alpha value is -4.38. The Morgan fingerprint density at radius 3 is 2.44 bits per heavy atom. The number of anilines is 1. The molecule has 0 spiro atoms. The summed E-state index contributed by atoms with van der Waals surface area (Å²) < 4.78 is 14.7. The maximum Gasteiger partial charge on any atom is 0.298 e. The van der Waals surface area contributed by atoms with E-state index in [0.29, 0.717) is 16.9 Å². The monoisotopic (exact) mass is 555 g/mol. The molecule has 0 unspecified atom stereocenters. The van der Waals surface area contributed by atoms with Crippen LogP contribution in [0.4, 0.5) is 10.1 Å². The van der Waals surface area contributed by atoms with E-state index >= 15 is 0 Å². The zero-order valence-corrected chi connectivity index (χ0v) is 22.3. The van der Waals surface area contributed by atoms with Crippen LogP contribution in [0.3, 0.4) is 0 Å². The summed E-state index contributed by atoms with van der Waals surface area (Å²) in [5.41, 5.74) is 0.540. The van der Waals surface area contributed by atoms with E-state index < -0.39 is 28.9 Å². The number of aromatic nitrogens is 1. The van der Waals surface area contributed by atoms with E-state index in [1.165, 1.54) is 49.1 Å². The van der Waals surface area contributed by atoms with Gasteiger partial charge in [0.15, 0.2) is 5.75 Å². The number of rotatable bonds is 7. The van der Waals surface area contributed by atoms with Crippen LogP contribution in [0.5, 0.6) is 5.75 Å². The molecular weight excluding hydrogens is 529 g/mol.